The van der Waals surface area contributed by atoms with Crippen LogP contribution in [0, 0.1) is 5.92 Å². The number of carbonyl (C=O) groups excluding carboxylic acids is 2. The fraction of sp³-hybridized carbons (Fsp3) is 0.529. The van der Waals surface area contributed by atoms with Crippen molar-refractivity contribution in [1.82, 2.24) is 4.90 Å². The average molecular weight is 289 g/mol. The molecule has 4 nitrogen and oxygen atoms in total. The molecule has 0 radical (unpaired) electrons. The minimum Gasteiger partial charge on any atom is -0.449 e. The molecular formula is C17H23NO3. The van der Waals surface area contributed by atoms with Crippen LogP contribution in [-0.4, -0.2) is 36.5 Å². The van der Waals surface area contributed by atoms with Crippen molar-refractivity contribution in [1.29, 1.82) is 0 Å². The fourth-order valence-electron chi connectivity index (χ4n) is 2.46. The zero-order chi connectivity index (χ0) is 15.4. The van der Waals surface area contributed by atoms with Gasteiger partial charge in [0.15, 0.2) is 5.78 Å². The van der Waals surface area contributed by atoms with E-state index in [1.807, 2.05) is 32.0 Å². The molecule has 114 valence electrons. The van der Waals surface area contributed by atoms with Crippen LogP contribution < -0.4 is 0 Å². The molecule has 1 amide bonds. The van der Waals surface area contributed by atoms with Gasteiger partial charge in [-0.15, -0.1) is 0 Å². The third kappa shape index (κ3) is 4.06. The summed E-state index contributed by atoms with van der Waals surface area (Å²) in [4.78, 5) is 25.2. The van der Waals surface area contributed by atoms with Gasteiger partial charge < -0.3 is 9.64 Å². The molecule has 0 aliphatic carbocycles. The zero-order valence-corrected chi connectivity index (χ0v) is 13.0. The molecule has 0 N–H and O–H groups in total. The second-order valence-electron chi connectivity index (χ2n) is 6.00. The van der Waals surface area contributed by atoms with Gasteiger partial charge in [0.05, 0.1) is 6.61 Å². The maximum atomic E-state index is 12.0. The number of benzene rings is 1. The molecule has 21 heavy (non-hydrogen) atoms. The molecule has 0 saturated heterocycles. The van der Waals surface area contributed by atoms with Gasteiger partial charge in [-0.05, 0) is 42.9 Å². The van der Waals surface area contributed by atoms with Gasteiger partial charge in [0, 0.05) is 18.7 Å². The summed E-state index contributed by atoms with van der Waals surface area (Å²) in [5.41, 5.74) is 3.13. The largest absolute Gasteiger partial charge is 0.449 e. The Morgan fingerprint density at radius 1 is 1.19 bits per heavy atom. The molecule has 0 aromatic heterocycles. The average Bonchev–Trinajstić information content (AvgIpc) is 2.66. The lowest BCUT2D eigenvalue weighted by molar-refractivity contribution is 0.0934. The summed E-state index contributed by atoms with van der Waals surface area (Å²) in [5, 5.41) is 0. The van der Waals surface area contributed by atoms with Crippen LogP contribution in [0.25, 0.3) is 0 Å². The summed E-state index contributed by atoms with van der Waals surface area (Å²) in [6.07, 6.45) is 1.35. The van der Waals surface area contributed by atoms with E-state index in [0.717, 1.165) is 18.4 Å². The van der Waals surface area contributed by atoms with Gasteiger partial charge in [-0.25, -0.2) is 4.79 Å². The van der Waals surface area contributed by atoms with Crippen LogP contribution in [0.15, 0.2) is 18.2 Å². The number of Topliss-reactive ketones (excluding diaryl/α,β-unsaturated/α-hetero) is 1. The van der Waals surface area contributed by atoms with E-state index in [2.05, 4.69) is 0 Å². The second-order valence-corrected chi connectivity index (χ2v) is 6.00. The summed E-state index contributed by atoms with van der Waals surface area (Å²) in [7, 11) is 0. The highest BCUT2D eigenvalue weighted by atomic mass is 16.6. The lowest BCUT2D eigenvalue weighted by atomic mass is 9.99. The number of ketones is 1. The van der Waals surface area contributed by atoms with Gasteiger partial charge in [0.1, 0.15) is 0 Å². The van der Waals surface area contributed by atoms with Crippen molar-refractivity contribution < 1.29 is 14.3 Å². The van der Waals surface area contributed by atoms with Gasteiger partial charge in [-0.1, -0.05) is 26.0 Å². The lowest BCUT2D eigenvalue weighted by Crippen LogP contribution is -2.34. The van der Waals surface area contributed by atoms with Crippen LogP contribution in [0.3, 0.4) is 0 Å². The molecule has 1 aromatic carbocycles. The van der Waals surface area contributed by atoms with Crippen LogP contribution in [0.4, 0.5) is 4.79 Å². The number of rotatable bonds is 3. The first-order valence-corrected chi connectivity index (χ1v) is 7.52. The Kier molecular flexibility index (Phi) is 4.99. The van der Waals surface area contributed by atoms with Gasteiger partial charge in [0.2, 0.25) is 0 Å². The molecule has 1 heterocycles. The Morgan fingerprint density at radius 2 is 1.86 bits per heavy atom. The molecule has 0 unspecified atom stereocenters. The van der Waals surface area contributed by atoms with Crippen LogP contribution in [0.2, 0.25) is 0 Å². The highest BCUT2D eigenvalue weighted by Crippen LogP contribution is 2.18. The number of hydrogen-bond acceptors (Lipinski definition) is 3. The van der Waals surface area contributed by atoms with Gasteiger partial charge in [-0.3, -0.25) is 4.79 Å². The number of fused-ring (bicyclic) bond motifs is 1. The van der Waals surface area contributed by atoms with E-state index in [0.29, 0.717) is 25.6 Å². The first-order valence-electron chi connectivity index (χ1n) is 7.52. The van der Waals surface area contributed by atoms with E-state index in [-0.39, 0.29) is 11.9 Å². The Morgan fingerprint density at radius 3 is 2.48 bits per heavy atom. The predicted octanol–water partition coefficient (Wildman–Crippen LogP) is 3.08. The van der Waals surface area contributed by atoms with E-state index in [9.17, 15) is 9.59 Å². The summed E-state index contributed by atoms with van der Waals surface area (Å²) >= 11 is 0. The van der Waals surface area contributed by atoms with Gasteiger partial charge >= 0.3 is 6.09 Å². The summed E-state index contributed by atoms with van der Waals surface area (Å²) < 4.78 is 5.29. The minimum atomic E-state index is -0.233. The molecule has 0 atom stereocenters. The molecule has 4 heteroatoms. The molecular weight excluding hydrogens is 266 g/mol. The fourth-order valence-corrected chi connectivity index (χ4v) is 2.46. The minimum absolute atomic E-state index is 0.0789. The zero-order valence-electron chi connectivity index (χ0n) is 13.0. The summed E-state index contributed by atoms with van der Waals surface area (Å²) in [6.45, 7) is 7.39. The topological polar surface area (TPSA) is 46.6 Å². The van der Waals surface area contributed by atoms with E-state index >= 15 is 0 Å². The summed E-state index contributed by atoms with van der Waals surface area (Å²) in [6, 6.07) is 5.84. The van der Waals surface area contributed by atoms with Crippen molar-refractivity contribution in [2.45, 2.75) is 33.6 Å². The Balaban J connectivity index is 2.03. The number of nitrogens with zero attached hydrogens (tertiary/aromatic N) is 1. The smallest absolute Gasteiger partial charge is 0.409 e. The number of carbonyl (C=O) groups is 2. The van der Waals surface area contributed by atoms with Crippen molar-refractivity contribution in [3.63, 3.8) is 0 Å². The quantitative estimate of drug-likeness (QED) is 0.803. The van der Waals surface area contributed by atoms with Crippen molar-refractivity contribution in [3.05, 3.63) is 34.9 Å². The maximum absolute atomic E-state index is 12.0. The first-order chi connectivity index (χ1) is 9.97. The van der Waals surface area contributed by atoms with Crippen molar-refractivity contribution in [2.75, 3.05) is 19.7 Å². The normalized spacial score (nSPS) is 14.6. The lowest BCUT2D eigenvalue weighted by Gasteiger charge is -2.20. The maximum Gasteiger partial charge on any atom is 0.409 e. The van der Waals surface area contributed by atoms with Gasteiger partial charge in [-0.2, -0.15) is 0 Å². The molecule has 2 rings (SSSR count). The Labute approximate surface area is 126 Å². The Hall–Kier alpha value is -1.84. The molecule has 0 bridgehead atoms. The third-order valence-electron chi connectivity index (χ3n) is 3.71. The standard InChI is InChI=1S/C17H23NO3/c1-12(2)11-21-17(20)18-8-6-14-4-5-15(13(3)19)10-16(14)7-9-18/h4-5,10,12H,6-9,11H2,1-3H3. The Bertz CT molecular complexity index is 537. The monoisotopic (exact) mass is 289 g/mol. The molecule has 0 saturated carbocycles. The van der Waals surface area contributed by atoms with E-state index in [1.54, 1.807) is 11.8 Å². The SMILES string of the molecule is CC(=O)c1ccc2c(c1)CCN(C(=O)OCC(C)C)CC2. The van der Waals surface area contributed by atoms with E-state index in [1.165, 1.54) is 11.1 Å². The van der Waals surface area contributed by atoms with Crippen LogP contribution in [-0.2, 0) is 17.6 Å². The van der Waals surface area contributed by atoms with Crippen molar-refractivity contribution in [2.24, 2.45) is 5.92 Å². The number of hydrogen-bond donors (Lipinski definition) is 0. The number of ether oxygens (including phenoxy) is 1. The molecule has 0 fully saturated rings. The highest BCUT2D eigenvalue weighted by molar-refractivity contribution is 5.94. The van der Waals surface area contributed by atoms with Crippen molar-refractivity contribution >= 4 is 11.9 Å². The van der Waals surface area contributed by atoms with E-state index < -0.39 is 0 Å². The molecule has 1 aliphatic heterocycles. The van der Waals surface area contributed by atoms with Crippen molar-refractivity contribution in [3.8, 4) is 0 Å². The van der Waals surface area contributed by atoms with Gasteiger partial charge in [0.25, 0.3) is 0 Å². The summed E-state index contributed by atoms with van der Waals surface area (Å²) in [5.74, 6) is 0.423. The second kappa shape index (κ2) is 6.74. The number of amides is 1. The van der Waals surface area contributed by atoms with E-state index in [4.69, 9.17) is 4.74 Å². The van der Waals surface area contributed by atoms with Crippen LogP contribution >= 0.6 is 0 Å². The molecule has 0 spiro atoms. The molecule has 1 aromatic rings. The first kappa shape index (κ1) is 15.5. The third-order valence-corrected chi connectivity index (χ3v) is 3.71. The highest BCUT2D eigenvalue weighted by Gasteiger charge is 2.20. The molecule has 1 aliphatic rings. The van der Waals surface area contributed by atoms with Crippen LogP contribution in [0.5, 0.6) is 0 Å². The predicted molar refractivity (Wildman–Crippen MR) is 81.6 cm³/mol. The van der Waals surface area contributed by atoms with Crippen LogP contribution in [0.1, 0.15) is 42.3 Å².